The topological polar surface area (TPSA) is 68.0 Å². The number of primary amides is 1. The maximum atomic E-state index is 10.6. The van der Waals surface area contributed by atoms with Gasteiger partial charge in [-0.25, -0.2) is 4.98 Å². The van der Waals surface area contributed by atoms with Crippen LogP contribution in [0.3, 0.4) is 0 Å². The first-order valence-electron chi connectivity index (χ1n) is 3.61. The van der Waals surface area contributed by atoms with Crippen LogP contribution in [0.4, 0.5) is 0 Å². The third-order valence-corrected chi connectivity index (χ3v) is 2.25. The highest BCUT2D eigenvalue weighted by Crippen LogP contribution is 2.02. The van der Waals surface area contributed by atoms with Crippen LogP contribution in [0, 0.1) is 0 Å². The van der Waals surface area contributed by atoms with E-state index >= 15 is 0 Å². The molecule has 1 heterocycles. The normalized spacial score (nSPS) is 12.8. The molecule has 1 aromatic rings. The van der Waals surface area contributed by atoms with Crippen LogP contribution in [0.5, 0.6) is 0 Å². The summed E-state index contributed by atoms with van der Waals surface area (Å²) in [6.07, 6.45) is 1.73. The van der Waals surface area contributed by atoms with Crippen molar-refractivity contribution in [1.82, 2.24) is 10.3 Å². The fraction of sp³-hybridized carbons (Fsp3) is 0.429. The highest BCUT2D eigenvalue weighted by atomic mass is 32.1. The van der Waals surface area contributed by atoms with Gasteiger partial charge in [0, 0.05) is 18.1 Å². The van der Waals surface area contributed by atoms with Gasteiger partial charge in [-0.3, -0.25) is 10.1 Å². The Balaban J connectivity index is 2.31. The van der Waals surface area contributed by atoms with Crippen molar-refractivity contribution in [2.45, 2.75) is 19.5 Å². The number of carbonyl (C=O) groups excluding carboxylic acids is 1. The van der Waals surface area contributed by atoms with Crippen molar-refractivity contribution in [2.75, 3.05) is 0 Å². The number of nitrogens with one attached hydrogen (secondary N) is 1. The molecule has 0 bridgehead atoms. The lowest BCUT2D eigenvalue weighted by molar-refractivity contribution is -0.119. The van der Waals surface area contributed by atoms with Gasteiger partial charge in [-0.15, -0.1) is 11.3 Å². The van der Waals surface area contributed by atoms with Crippen LogP contribution in [0.25, 0.3) is 0 Å². The van der Waals surface area contributed by atoms with Crippen molar-refractivity contribution in [3.8, 4) is 0 Å². The maximum Gasteiger partial charge on any atom is 0.234 e. The Morgan fingerprint density at radius 2 is 2.67 bits per heavy atom. The minimum Gasteiger partial charge on any atom is -0.368 e. The first-order valence-corrected chi connectivity index (χ1v) is 4.49. The molecule has 0 fully saturated rings. The van der Waals surface area contributed by atoms with E-state index in [1.54, 1.807) is 24.5 Å². The van der Waals surface area contributed by atoms with Gasteiger partial charge in [0.2, 0.25) is 5.91 Å². The number of hydrogen-bond donors (Lipinski definition) is 2. The van der Waals surface area contributed by atoms with Crippen LogP contribution in [0.15, 0.2) is 11.6 Å². The fourth-order valence-corrected chi connectivity index (χ4v) is 1.25. The molecule has 1 aromatic heterocycles. The van der Waals surface area contributed by atoms with Crippen molar-refractivity contribution < 1.29 is 4.79 Å². The summed E-state index contributed by atoms with van der Waals surface area (Å²) in [6, 6.07) is -0.297. The Kier molecular flexibility index (Phi) is 3.19. The van der Waals surface area contributed by atoms with E-state index in [-0.39, 0.29) is 11.9 Å². The summed E-state index contributed by atoms with van der Waals surface area (Å²) in [7, 11) is 0. The molecule has 1 unspecified atom stereocenters. The molecule has 0 radical (unpaired) electrons. The lowest BCUT2D eigenvalue weighted by Gasteiger charge is -2.07. The standard InChI is InChI=1S/C7H11N3OS/c1-5(7(8)11)10-4-6-9-2-3-12-6/h2-3,5,10H,4H2,1H3,(H2,8,11). The molecule has 1 atom stereocenters. The summed E-state index contributed by atoms with van der Waals surface area (Å²) in [4.78, 5) is 14.7. The van der Waals surface area contributed by atoms with Crippen molar-refractivity contribution in [3.05, 3.63) is 16.6 Å². The van der Waals surface area contributed by atoms with Crippen LogP contribution in [-0.4, -0.2) is 16.9 Å². The van der Waals surface area contributed by atoms with E-state index in [2.05, 4.69) is 10.3 Å². The first kappa shape index (κ1) is 9.15. The SMILES string of the molecule is CC(NCc1nccs1)C(N)=O. The summed E-state index contributed by atoms with van der Waals surface area (Å²) in [5, 5.41) is 5.81. The predicted octanol–water partition coefficient (Wildman–Crippen LogP) is 0.107. The number of aromatic nitrogens is 1. The van der Waals surface area contributed by atoms with Crippen molar-refractivity contribution in [3.63, 3.8) is 0 Å². The average Bonchev–Trinajstić information content (AvgIpc) is 2.51. The Labute approximate surface area is 74.8 Å². The fourth-order valence-electron chi connectivity index (χ4n) is 0.681. The Morgan fingerprint density at radius 1 is 1.92 bits per heavy atom. The largest absolute Gasteiger partial charge is 0.368 e. The minimum atomic E-state index is -0.341. The summed E-state index contributed by atoms with van der Waals surface area (Å²) < 4.78 is 0. The monoisotopic (exact) mass is 185 g/mol. The highest BCUT2D eigenvalue weighted by molar-refractivity contribution is 7.09. The molecule has 0 saturated heterocycles. The lowest BCUT2D eigenvalue weighted by Crippen LogP contribution is -2.38. The van der Waals surface area contributed by atoms with Gasteiger partial charge in [-0.05, 0) is 6.92 Å². The molecule has 0 aliphatic rings. The molecular weight excluding hydrogens is 174 g/mol. The predicted molar refractivity (Wildman–Crippen MR) is 47.6 cm³/mol. The second kappa shape index (κ2) is 4.18. The quantitative estimate of drug-likeness (QED) is 0.699. The molecule has 5 heteroatoms. The summed E-state index contributed by atoms with van der Waals surface area (Å²) in [5.41, 5.74) is 5.06. The van der Waals surface area contributed by atoms with E-state index in [0.29, 0.717) is 6.54 Å². The van der Waals surface area contributed by atoms with Gasteiger partial charge >= 0.3 is 0 Å². The summed E-state index contributed by atoms with van der Waals surface area (Å²) in [6.45, 7) is 2.33. The average molecular weight is 185 g/mol. The molecule has 0 saturated carbocycles. The third-order valence-electron chi connectivity index (χ3n) is 1.47. The van der Waals surface area contributed by atoms with Crippen LogP contribution >= 0.6 is 11.3 Å². The van der Waals surface area contributed by atoms with E-state index in [0.717, 1.165) is 5.01 Å². The molecule has 0 aliphatic carbocycles. The zero-order valence-electron chi connectivity index (χ0n) is 6.78. The second-order valence-corrected chi connectivity index (χ2v) is 3.41. The Bertz CT molecular complexity index is 247. The van der Waals surface area contributed by atoms with Crippen molar-refractivity contribution >= 4 is 17.2 Å². The molecule has 4 nitrogen and oxygen atoms in total. The number of rotatable bonds is 4. The highest BCUT2D eigenvalue weighted by Gasteiger charge is 2.07. The van der Waals surface area contributed by atoms with Gasteiger partial charge in [-0.1, -0.05) is 0 Å². The lowest BCUT2D eigenvalue weighted by atomic mass is 10.3. The molecule has 66 valence electrons. The van der Waals surface area contributed by atoms with E-state index in [4.69, 9.17) is 5.73 Å². The van der Waals surface area contributed by atoms with Crippen LogP contribution < -0.4 is 11.1 Å². The maximum absolute atomic E-state index is 10.6. The van der Waals surface area contributed by atoms with Gasteiger partial charge in [0.1, 0.15) is 5.01 Å². The number of amides is 1. The van der Waals surface area contributed by atoms with Gasteiger partial charge in [-0.2, -0.15) is 0 Å². The zero-order valence-corrected chi connectivity index (χ0v) is 7.60. The van der Waals surface area contributed by atoms with Crippen LogP contribution in [0.2, 0.25) is 0 Å². The molecular formula is C7H11N3OS. The number of thiazole rings is 1. The zero-order chi connectivity index (χ0) is 8.97. The Hall–Kier alpha value is -0.940. The van der Waals surface area contributed by atoms with Gasteiger partial charge in [0.15, 0.2) is 0 Å². The molecule has 0 aliphatic heterocycles. The molecule has 12 heavy (non-hydrogen) atoms. The second-order valence-electron chi connectivity index (χ2n) is 2.43. The summed E-state index contributed by atoms with van der Waals surface area (Å²) >= 11 is 1.55. The van der Waals surface area contributed by atoms with Crippen molar-refractivity contribution in [2.24, 2.45) is 5.73 Å². The van der Waals surface area contributed by atoms with E-state index in [9.17, 15) is 4.79 Å². The smallest absolute Gasteiger partial charge is 0.234 e. The van der Waals surface area contributed by atoms with Crippen LogP contribution in [0.1, 0.15) is 11.9 Å². The number of nitrogens with two attached hydrogens (primary N) is 1. The van der Waals surface area contributed by atoms with E-state index in [1.165, 1.54) is 0 Å². The minimum absolute atomic E-state index is 0.297. The van der Waals surface area contributed by atoms with Gasteiger partial charge in [0.25, 0.3) is 0 Å². The molecule has 1 amide bonds. The number of hydrogen-bond acceptors (Lipinski definition) is 4. The first-order chi connectivity index (χ1) is 5.70. The van der Waals surface area contributed by atoms with Crippen LogP contribution in [-0.2, 0) is 11.3 Å². The van der Waals surface area contributed by atoms with E-state index < -0.39 is 0 Å². The molecule has 0 spiro atoms. The third kappa shape index (κ3) is 2.60. The summed E-state index contributed by atoms with van der Waals surface area (Å²) in [5.74, 6) is -0.341. The molecule has 1 rings (SSSR count). The van der Waals surface area contributed by atoms with Gasteiger partial charge in [0.05, 0.1) is 6.04 Å². The number of nitrogens with zero attached hydrogens (tertiary/aromatic N) is 1. The molecule has 3 N–H and O–H groups in total. The molecule has 0 aromatic carbocycles. The van der Waals surface area contributed by atoms with Gasteiger partial charge < -0.3 is 5.73 Å². The van der Waals surface area contributed by atoms with E-state index in [1.807, 2.05) is 5.38 Å². The Morgan fingerprint density at radius 3 is 3.17 bits per heavy atom. The number of carbonyl (C=O) groups is 1. The van der Waals surface area contributed by atoms with Crippen molar-refractivity contribution in [1.29, 1.82) is 0 Å².